The van der Waals surface area contributed by atoms with Crippen LogP contribution in [0, 0.1) is 5.41 Å². The summed E-state index contributed by atoms with van der Waals surface area (Å²) >= 11 is 0. The molecule has 0 amide bonds. The van der Waals surface area contributed by atoms with Crippen LogP contribution in [0.1, 0.15) is 39.5 Å². The predicted molar refractivity (Wildman–Crippen MR) is 60.5 cm³/mol. The first-order valence-corrected chi connectivity index (χ1v) is 6.03. The lowest BCUT2D eigenvalue weighted by Gasteiger charge is -2.38. The molecule has 1 unspecified atom stereocenters. The lowest BCUT2D eigenvalue weighted by atomic mass is 9.83. The topological polar surface area (TPSA) is 15.3 Å². The third-order valence-corrected chi connectivity index (χ3v) is 4.27. The minimum Gasteiger partial charge on any atom is -0.312 e. The zero-order chi connectivity index (χ0) is 10.2. The van der Waals surface area contributed by atoms with Gasteiger partial charge in [0.1, 0.15) is 0 Å². The Hall–Kier alpha value is -0.0800. The van der Waals surface area contributed by atoms with Gasteiger partial charge in [0.25, 0.3) is 0 Å². The second-order valence-electron chi connectivity index (χ2n) is 5.77. The Bertz CT molecular complexity index is 196. The smallest absolute Gasteiger partial charge is 0.0246 e. The summed E-state index contributed by atoms with van der Waals surface area (Å²) in [6.45, 7) is 7.23. The quantitative estimate of drug-likeness (QED) is 0.741. The van der Waals surface area contributed by atoms with Crippen LogP contribution >= 0.6 is 0 Å². The van der Waals surface area contributed by atoms with Crippen molar-refractivity contribution in [1.29, 1.82) is 0 Å². The van der Waals surface area contributed by atoms with Gasteiger partial charge >= 0.3 is 0 Å². The van der Waals surface area contributed by atoms with Gasteiger partial charge in [-0.3, -0.25) is 0 Å². The molecule has 2 nitrogen and oxygen atoms in total. The number of rotatable bonds is 3. The lowest BCUT2D eigenvalue weighted by Crippen LogP contribution is -2.47. The van der Waals surface area contributed by atoms with E-state index in [4.69, 9.17) is 0 Å². The van der Waals surface area contributed by atoms with Crippen LogP contribution in [0.2, 0.25) is 0 Å². The average Bonchev–Trinajstić information content (AvgIpc) is 2.27. The number of hydrogen-bond acceptors (Lipinski definition) is 2. The van der Waals surface area contributed by atoms with Gasteiger partial charge in [-0.05, 0) is 38.3 Å². The van der Waals surface area contributed by atoms with Crippen molar-refractivity contribution in [2.45, 2.75) is 51.6 Å². The first kappa shape index (κ1) is 10.4. The Kier molecular flexibility index (Phi) is 2.85. The molecule has 0 bridgehead atoms. The average molecular weight is 196 g/mol. The van der Waals surface area contributed by atoms with E-state index in [2.05, 4.69) is 31.1 Å². The standard InChI is InChI=1S/C12H24N2/c1-12(2)7-8-13-11(12)9-14(3)10-5-4-6-10/h10-11,13H,4-9H2,1-3H3. The number of nitrogens with one attached hydrogen (secondary N) is 1. The zero-order valence-electron chi connectivity index (χ0n) is 9.84. The van der Waals surface area contributed by atoms with Crippen LogP contribution in [0.5, 0.6) is 0 Å². The van der Waals surface area contributed by atoms with E-state index in [0.717, 1.165) is 6.04 Å². The summed E-state index contributed by atoms with van der Waals surface area (Å²) in [7, 11) is 2.29. The van der Waals surface area contributed by atoms with Gasteiger partial charge in [0, 0.05) is 18.6 Å². The molecule has 1 aliphatic heterocycles. The highest BCUT2D eigenvalue weighted by atomic mass is 15.2. The van der Waals surface area contributed by atoms with Crippen molar-refractivity contribution in [3.8, 4) is 0 Å². The largest absolute Gasteiger partial charge is 0.312 e. The molecule has 0 aromatic carbocycles. The molecule has 0 aromatic heterocycles. The van der Waals surface area contributed by atoms with Gasteiger partial charge in [-0.25, -0.2) is 0 Å². The molecule has 14 heavy (non-hydrogen) atoms. The molecule has 1 heterocycles. The molecule has 1 atom stereocenters. The van der Waals surface area contributed by atoms with E-state index >= 15 is 0 Å². The predicted octanol–water partition coefficient (Wildman–Crippen LogP) is 1.86. The molecule has 0 radical (unpaired) electrons. The second-order valence-corrected chi connectivity index (χ2v) is 5.77. The first-order valence-electron chi connectivity index (χ1n) is 6.03. The van der Waals surface area contributed by atoms with E-state index in [1.807, 2.05) is 0 Å². The Morgan fingerprint density at radius 1 is 1.36 bits per heavy atom. The van der Waals surface area contributed by atoms with Crippen LogP contribution in [-0.2, 0) is 0 Å². The number of nitrogens with zero attached hydrogens (tertiary/aromatic N) is 1. The lowest BCUT2D eigenvalue weighted by molar-refractivity contribution is 0.126. The Balaban J connectivity index is 1.83. The fourth-order valence-corrected chi connectivity index (χ4v) is 2.60. The molecule has 0 spiro atoms. The summed E-state index contributed by atoms with van der Waals surface area (Å²) in [5, 5.41) is 3.64. The summed E-state index contributed by atoms with van der Waals surface area (Å²) in [5.41, 5.74) is 0.498. The van der Waals surface area contributed by atoms with E-state index in [0.29, 0.717) is 11.5 Å². The van der Waals surface area contributed by atoms with Crippen LogP contribution in [-0.4, -0.2) is 37.1 Å². The molecule has 2 rings (SSSR count). The molecular formula is C12H24N2. The fourth-order valence-electron chi connectivity index (χ4n) is 2.60. The van der Waals surface area contributed by atoms with Gasteiger partial charge in [-0.2, -0.15) is 0 Å². The van der Waals surface area contributed by atoms with E-state index in [-0.39, 0.29) is 0 Å². The van der Waals surface area contributed by atoms with Crippen LogP contribution in [0.15, 0.2) is 0 Å². The summed E-state index contributed by atoms with van der Waals surface area (Å²) in [6.07, 6.45) is 5.61. The molecule has 2 heteroatoms. The summed E-state index contributed by atoms with van der Waals surface area (Å²) < 4.78 is 0. The third kappa shape index (κ3) is 1.96. The molecule has 2 aliphatic rings. The highest BCUT2D eigenvalue weighted by molar-refractivity contribution is 4.93. The van der Waals surface area contributed by atoms with E-state index in [1.165, 1.54) is 38.8 Å². The summed E-state index contributed by atoms with van der Waals surface area (Å²) in [6, 6.07) is 1.58. The van der Waals surface area contributed by atoms with Crippen LogP contribution in [0.25, 0.3) is 0 Å². The molecule has 2 fully saturated rings. The molecule has 1 saturated carbocycles. The van der Waals surface area contributed by atoms with Gasteiger partial charge in [0.15, 0.2) is 0 Å². The van der Waals surface area contributed by atoms with Gasteiger partial charge in [0.05, 0.1) is 0 Å². The van der Waals surface area contributed by atoms with Crippen LogP contribution in [0.4, 0.5) is 0 Å². The SMILES string of the molecule is CN(CC1NCCC1(C)C)C1CCC1. The van der Waals surface area contributed by atoms with E-state index < -0.39 is 0 Å². The van der Waals surface area contributed by atoms with Crippen molar-refractivity contribution in [3.63, 3.8) is 0 Å². The Labute approximate surface area is 88.1 Å². The maximum absolute atomic E-state index is 3.64. The van der Waals surface area contributed by atoms with E-state index in [9.17, 15) is 0 Å². The summed E-state index contributed by atoms with van der Waals surface area (Å²) in [4.78, 5) is 2.56. The van der Waals surface area contributed by atoms with E-state index in [1.54, 1.807) is 0 Å². The fraction of sp³-hybridized carbons (Fsp3) is 1.00. The molecule has 82 valence electrons. The Morgan fingerprint density at radius 2 is 2.07 bits per heavy atom. The maximum atomic E-state index is 3.64. The first-order chi connectivity index (χ1) is 6.59. The van der Waals surface area contributed by atoms with Crippen LogP contribution < -0.4 is 5.32 Å². The minimum atomic E-state index is 0.498. The molecule has 0 aromatic rings. The monoisotopic (exact) mass is 196 g/mol. The van der Waals surface area contributed by atoms with Crippen molar-refractivity contribution in [3.05, 3.63) is 0 Å². The molecule has 1 aliphatic carbocycles. The maximum Gasteiger partial charge on any atom is 0.0246 e. The minimum absolute atomic E-state index is 0.498. The van der Waals surface area contributed by atoms with Crippen molar-refractivity contribution >= 4 is 0 Å². The van der Waals surface area contributed by atoms with Crippen molar-refractivity contribution < 1.29 is 0 Å². The zero-order valence-corrected chi connectivity index (χ0v) is 9.84. The van der Waals surface area contributed by atoms with Gasteiger partial charge in [0.2, 0.25) is 0 Å². The second kappa shape index (κ2) is 3.82. The highest BCUT2D eigenvalue weighted by Crippen LogP contribution is 2.32. The highest BCUT2D eigenvalue weighted by Gasteiger charge is 2.36. The van der Waals surface area contributed by atoms with Gasteiger partial charge < -0.3 is 10.2 Å². The molecule has 1 saturated heterocycles. The molecular weight excluding hydrogens is 172 g/mol. The summed E-state index contributed by atoms with van der Waals surface area (Å²) in [5.74, 6) is 0. The Morgan fingerprint density at radius 3 is 2.50 bits per heavy atom. The van der Waals surface area contributed by atoms with Crippen molar-refractivity contribution in [1.82, 2.24) is 10.2 Å². The number of hydrogen-bond donors (Lipinski definition) is 1. The van der Waals surface area contributed by atoms with Gasteiger partial charge in [-0.1, -0.05) is 20.3 Å². The van der Waals surface area contributed by atoms with Gasteiger partial charge in [-0.15, -0.1) is 0 Å². The van der Waals surface area contributed by atoms with Crippen molar-refractivity contribution in [2.75, 3.05) is 20.1 Å². The molecule has 1 N–H and O–H groups in total. The van der Waals surface area contributed by atoms with Crippen molar-refractivity contribution in [2.24, 2.45) is 5.41 Å². The normalized spacial score (nSPS) is 32.1. The number of likely N-dealkylation sites (N-methyl/N-ethyl adjacent to an activating group) is 1. The van der Waals surface area contributed by atoms with Crippen LogP contribution in [0.3, 0.4) is 0 Å². The third-order valence-electron chi connectivity index (χ3n) is 4.27.